The summed E-state index contributed by atoms with van der Waals surface area (Å²) in [7, 11) is 0. The average molecular weight is 375 g/mol. The quantitative estimate of drug-likeness (QED) is 0.297. The number of nitrogens with zero attached hydrogens (tertiary/aromatic N) is 1. The highest BCUT2D eigenvalue weighted by molar-refractivity contribution is 5.80. The fourth-order valence-corrected chi connectivity index (χ4v) is 4.21. The number of benzene rings is 1. The SMILES string of the molecule is O=C(COC(=O)C[C@@H]1C[C@@H]2CC[C@@H]1C2)NCCNc1ccc([N+](=O)[O-])cc1. The topological polar surface area (TPSA) is 111 Å². The third-order valence-corrected chi connectivity index (χ3v) is 5.53. The monoisotopic (exact) mass is 375 g/mol. The third-order valence-electron chi connectivity index (χ3n) is 5.53. The van der Waals surface area contributed by atoms with Gasteiger partial charge in [-0.1, -0.05) is 6.42 Å². The lowest BCUT2D eigenvalue weighted by Crippen LogP contribution is -2.32. The Hall–Kier alpha value is -2.64. The number of hydrogen-bond acceptors (Lipinski definition) is 6. The van der Waals surface area contributed by atoms with Crippen LogP contribution in [0.25, 0.3) is 0 Å². The number of non-ortho nitro benzene ring substituents is 1. The molecule has 0 aliphatic heterocycles. The summed E-state index contributed by atoms with van der Waals surface area (Å²) in [5, 5.41) is 16.3. The molecule has 146 valence electrons. The van der Waals surface area contributed by atoms with Crippen LogP contribution in [0.2, 0.25) is 0 Å². The average Bonchev–Trinajstić information content (AvgIpc) is 3.27. The van der Waals surface area contributed by atoms with E-state index in [-0.39, 0.29) is 24.2 Å². The van der Waals surface area contributed by atoms with Crippen molar-refractivity contribution in [3.8, 4) is 0 Å². The van der Waals surface area contributed by atoms with E-state index in [9.17, 15) is 19.7 Å². The number of nitrogens with one attached hydrogen (secondary N) is 2. The van der Waals surface area contributed by atoms with E-state index < -0.39 is 4.92 Å². The van der Waals surface area contributed by atoms with E-state index in [1.54, 1.807) is 12.1 Å². The molecule has 0 heterocycles. The van der Waals surface area contributed by atoms with Gasteiger partial charge in [0, 0.05) is 37.3 Å². The fraction of sp³-hybridized carbons (Fsp3) is 0.579. The van der Waals surface area contributed by atoms with Crippen molar-refractivity contribution in [2.24, 2.45) is 17.8 Å². The van der Waals surface area contributed by atoms with Crippen LogP contribution in [-0.2, 0) is 14.3 Å². The maximum absolute atomic E-state index is 11.9. The number of amides is 1. The maximum Gasteiger partial charge on any atom is 0.306 e. The van der Waals surface area contributed by atoms with Gasteiger partial charge in [-0.05, 0) is 49.1 Å². The van der Waals surface area contributed by atoms with Gasteiger partial charge >= 0.3 is 5.97 Å². The number of nitro benzene ring substituents is 1. The number of carbonyl (C=O) groups is 2. The van der Waals surface area contributed by atoms with Crippen LogP contribution in [0.3, 0.4) is 0 Å². The first kappa shape index (κ1) is 19.1. The molecule has 3 rings (SSSR count). The molecule has 0 spiro atoms. The van der Waals surface area contributed by atoms with Gasteiger partial charge in [0.2, 0.25) is 0 Å². The predicted octanol–water partition coefficient (Wildman–Crippen LogP) is 2.49. The zero-order chi connectivity index (χ0) is 19.2. The summed E-state index contributed by atoms with van der Waals surface area (Å²) in [4.78, 5) is 33.8. The van der Waals surface area contributed by atoms with E-state index >= 15 is 0 Å². The molecule has 2 aliphatic carbocycles. The number of rotatable bonds is 9. The summed E-state index contributed by atoms with van der Waals surface area (Å²) in [6.07, 6.45) is 5.33. The summed E-state index contributed by atoms with van der Waals surface area (Å²) in [6.45, 7) is 0.569. The number of hydrogen-bond donors (Lipinski definition) is 2. The van der Waals surface area contributed by atoms with Crippen molar-refractivity contribution in [1.29, 1.82) is 0 Å². The molecule has 0 radical (unpaired) electrons. The molecule has 3 atom stereocenters. The minimum atomic E-state index is -0.456. The van der Waals surface area contributed by atoms with E-state index in [0.717, 1.165) is 18.0 Å². The van der Waals surface area contributed by atoms with E-state index in [1.807, 2.05) is 0 Å². The highest BCUT2D eigenvalue weighted by Gasteiger charge is 2.40. The molecule has 0 saturated heterocycles. The summed E-state index contributed by atoms with van der Waals surface area (Å²) >= 11 is 0. The van der Waals surface area contributed by atoms with Crippen LogP contribution in [0.5, 0.6) is 0 Å². The van der Waals surface area contributed by atoms with Crippen LogP contribution in [0.4, 0.5) is 11.4 Å². The Labute approximate surface area is 157 Å². The molecule has 2 fully saturated rings. The Morgan fingerprint density at radius 3 is 2.56 bits per heavy atom. The molecular formula is C19H25N3O5. The molecule has 8 nitrogen and oxygen atoms in total. The van der Waals surface area contributed by atoms with Gasteiger partial charge in [-0.3, -0.25) is 19.7 Å². The number of nitro groups is 1. The molecule has 0 aromatic heterocycles. The van der Waals surface area contributed by atoms with Crippen molar-refractivity contribution in [2.75, 3.05) is 25.0 Å². The van der Waals surface area contributed by atoms with Gasteiger partial charge < -0.3 is 15.4 Å². The zero-order valence-corrected chi connectivity index (χ0v) is 15.2. The molecular weight excluding hydrogens is 350 g/mol. The Balaban J connectivity index is 1.26. The first-order valence-corrected chi connectivity index (χ1v) is 9.42. The van der Waals surface area contributed by atoms with Gasteiger partial charge in [0.25, 0.3) is 11.6 Å². The molecule has 2 bridgehead atoms. The third kappa shape index (κ3) is 5.42. The lowest BCUT2D eigenvalue weighted by Gasteiger charge is -2.20. The summed E-state index contributed by atoms with van der Waals surface area (Å²) in [6, 6.07) is 6.04. The Morgan fingerprint density at radius 1 is 1.15 bits per heavy atom. The Morgan fingerprint density at radius 2 is 1.93 bits per heavy atom. The molecule has 0 unspecified atom stereocenters. The molecule has 1 aromatic carbocycles. The summed E-state index contributed by atoms with van der Waals surface area (Å²) < 4.78 is 5.09. The molecule has 2 aliphatic rings. The standard InChI is InChI=1S/C19H25N3O5/c23-18(12-27-19(24)11-15-10-13-1-2-14(15)9-13)21-8-7-20-16-3-5-17(6-4-16)22(25)26/h3-6,13-15,20H,1-2,7-12H2,(H,21,23)/t13-,14-,15+/m1/s1. The van der Waals surface area contributed by atoms with Crippen molar-refractivity contribution in [3.05, 3.63) is 34.4 Å². The predicted molar refractivity (Wildman–Crippen MR) is 99.1 cm³/mol. The molecule has 27 heavy (non-hydrogen) atoms. The first-order valence-electron chi connectivity index (χ1n) is 9.42. The second-order valence-electron chi connectivity index (χ2n) is 7.38. The number of carbonyl (C=O) groups excluding carboxylic acids is 2. The van der Waals surface area contributed by atoms with Crippen LogP contribution in [-0.4, -0.2) is 36.5 Å². The smallest absolute Gasteiger partial charge is 0.306 e. The van der Waals surface area contributed by atoms with E-state index in [1.165, 1.54) is 31.4 Å². The lowest BCUT2D eigenvalue weighted by atomic mass is 9.86. The van der Waals surface area contributed by atoms with Crippen LogP contribution in [0, 0.1) is 27.9 Å². The largest absolute Gasteiger partial charge is 0.456 e. The fourth-order valence-electron chi connectivity index (χ4n) is 4.21. The Bertz CT molecular complexity index is 691. The van der Waals surface area contributed by atoms with Gasteiger partial charge in [-0.25, -0.2) is 0 Å². The van der Waals surface area contributed by atoms with Crippen LogP contribution in [0.1, 0.15) is 32.1 Å². The van der Waals surface area contributed by atoms with Crippen molar-refractivity contribution >= 4 is 23.3 Å². The first-order chi connectivity index (χ1) is 13.0. The second-order valence-corrected chi connectivity index (χ2v) is 7.38. The highest BCUT2D eigenvalue weighted by Crippen LogP contribution is 2.49. The van der Waals surface area contributed by atoms with Gasteiger partial charge in [0.15, 0.2) is 6.61 Å². The van der Waals surface area contributed by atoms with Gasteiger partial charge in [-0.15, -0.1) is 0 Å². The highest BCUT2D eigenvalue weighted by atomic mass is 16.6. The van der Waals surface area contributed by atoms with Gasteiger partial charge in [0.05, 0.1) is 4.92 Å². The van der Waals surface area contributed by atoms with Crippen LogP contribution in [0.15, 0.2) is 24.3 Å². The molecule has 1 aromatic rings. The van der Waals surface area contributed by atoms with Crippen molar-refractivity contribution in [3.63, 3.8) is 0 Å². The number of fused-ring (bicyclic) bond motifs is 2. The van der Waals surface area contributed by atoms with Crippen LogP contribution >= 0.6 is 0 Å². The summed E-state index contributed by atoms with van der Waals surface area (Å²) in [5.74, 6) is 1.28. The minimum Gasteiger partial charge on any atom is -0.456 e. The maximum atomic E-state index is 11.9. The summed E-state index contributed by atoms with van der Waals surface area (Å²) in [5.41, 5.74) is 0.758. The second kappa shape index (κ2) is 8.83. The van der Waals surface area contributed by atoms with Gasteiger partial charge in [0.1, 0.15) is 0 Å². The van der Waals surface area contributed by atoms with Crippen molar-refractivity contribution in [1.82, 2.24) is 5.32 Å². The zero-order valence-electron chi connectivity index (χ0n) is 15.2. The molecule has 8 heteroatoms. The van der Waals surface area contributed by atoms with Crippen molar-refractivity contribution in [2.45, 2.75) is 32.1 Å². The molecule has 2 N–H and O–H groups in total. The number of anilines is 1. The number of ether oxygens (including phenoxy) is 1. The van der Waals surface area contributed by atoms with Gasteiger partial charge in [-0.2, -0.15) is 0 Å². The minimum absolute atomic E-state index is 0.0288. The van der Waals surface area contributed by atoms with E-state index in [0.29, 0.717) is 31.3 Å². The molecule has 1 amide bonds. The van der Waals surface area contributed by atoms with E-state index in [2.05, 4.69) is 10.6 Å². The lowest BCUT2D eigenvalue weighted by molar-refractivity contribution is -0.384. The Kier molecular flexibility index (Phi) is 6.26. The van der Waals surface area contributed by atoms with Crippen LogP contribution < -0.4 is 10.6 Å². The molecule has 2 saturated carbocycles. The van der Waals surface area contributed by atoms with Crippen molar-refractivity contribution < 1.29 is 19.2 Å². The van der Waals surface area contributed by atoms with E-state index in [4.69, 9.17) is 4.74 Å². The number of esters is 1. The normalized spacial score (nSPS) is 23.0.